The van der Waals surface area contributed by atoms with E-state index in [9.17, 15) is 9.59 Å². The zero-order valence-electron chi connectivity index (χ0n) is 18.6. The Bertz CT molecular complexity index is 1080. The fraction of sp³-hybridized carbons (Fsp3) is 0.269. The maximum Gasteiger partial charge on any atom is 0.328 e. The standard InChI is InChI=1S/C26H28N2O4S/c1-20-24(15-16-26(30)31)27-25(17-18-29)28(20)32-22-11-13-23(14-12-22)33-19-7-3-6-10-21-8-4-2-5-9-21/h2,4-5,8-9,11-16,18H,3,6-7,10,17,19H2,1H3,(H,30,31). The van der Waals surface area contributed by atoms with Gasteiger partial charge in [0.2, 0.25) is 0 Å². The Balaban J connectivity index is 1.50. The van der Waals surface area contributed by atoms with Crippen LogP contribution >= 0.6 is 11.8 Å². The van der Waals surface area contributed by atoms with Gasteiger partial charge >= 0.3 is 5.97 Å². The van der Waals surface area contributed by atoms with E-state index in [-0.39, 0.29) is 6.42 Å². The number of imidazole rings is 1. The second-order valence-corrected chi connectivity index (χ2v) is 8.71. The molecule has 2 aromatic carbocycles. The predicted molar refractivity (Wildman–Crippen MR) is 131 cm³/mol. The fourth-order valence-corrected chi connectivity index (χ4v) is 4.25. The van der Waals surface area contributed by atoms with Crippen molar-refractivity contribution in [3.8, 4) is 5.75 Å². The summed E-state index contributed by atoms with van der Waals surface area (Å²) >= 11 is 1.82. The Morgan fingerprint density at radius 1 is 1.09 bits per heavy atom. The lowest BCUT2D eigenvalue weighted by Gasteiger charge is -2.11. The maximum atomic E-state index is 11.0. The number of carboxylic acids is 1. The van der Waals surface area contributed by atoms with Gasteiger partial charge in [0.15, 0.2) is 11.6 Å². The first kappa shape index (κ1) is 24.3. The van der Waals surface area contributed by atoms with Crippen LogP contribution in [0.4, 0.5) is 0 Å². The molecule has 0 radical (unpaired) electrons. The van der Waals surface area contributed by atoms with Crippen molar-refractivity contribution < 1.29 is 19.5 Å². The number of nitrogens with zero attached hydrogens (tertiary/aromatic N) is 2. The minimum Gasteiger partial charge on any atom is -0.478 e. The number of carboxylic acid groups (broad SMARTS) is 1. The van der Waals surface area contributed by atoms with Crippen molar-refractivity contribution >= 4 is 30.1 Å². The molecule has 33 heavy (non-hydrogen) atoms. The number of rotatable bonds is 13. The largest absolute Gasteiger partial charge is 0.478 e. The third-order valence-electron chi connectivity index (χ3n) is 5.05. The second kappa shape index (κ2) is 12.6. The van der Waals surface area contributed by atoms with Crippen LogP contribution in [0.5, 0.6) is 5.75 Å². The zero-order valence-corrected chi connectivity index (χ0v) is 19.5. The Morgan fingerprint density at radius 3 is 2.55 bits per heavy atom. The minimum absolute atomic E-state index is 0.0694. The Morgan fingerprint density at radius 2 is 1.85 bits per heavy atom. The number of hydrogen-bond donors (Lipinski definition) is 1. The van der Waals surface area contributed by atoms with Gasteiger partial charge in [0.25, 0.3) is 0 Å². The van der Waals surface area contributed by atoms with Gasteiger partial charge in [-0.3, -0.25) is 0 Å². The molecule has 0 bridgehead atoms. The topological polar surface area (TPSA) is 81.4 Å². The van der Waals surface area contributed by atoms with Crippen molar-refractivity contribution in [2.45, 2.75) is 43.9 Å². The van der Waals surface area contributed by atoms with Crippen molar-refractivity contribution in [2.24, 2.45) is 0 Å². The molecule has 0 aliphatic heterocycles. The van der Waals surface area contributed by atoms with E-state index in [0.717, 1.165) is 24.5 Å². The summed E-state index contributed by atoms with van der Waals surface area (Å²) in [7, 11) is 0. The van der Waals surface area contributed by atoms with E-state index in [2.05, 4.69) is 29.2 Å². The van der Waals surface area contributed by atoms with Crippen LogP contribution in [0.15, 0.2) is 65.6 Å². The molecule has 0 aliphatic rings. The smallest absolute Gasteiger partial charge is 0.328 e. The number of thioether (sulfide) groups is 1. The summed E-state index contributed by atoms with van der Waals surface area (Å²) in [6.07, 6.45) is 7.93. The maximum absolute atomic E-state index is 11.0. The summed E-state index contributed by atoms with van der Waals surface area (Å²) < 4.78 is 1.48. The average molecular weight is 465 g/mol. The number of hydrogen-bond acceptors (Lipinski definition) is 5. The van der Waals surface area contributed by atoms with Gasteiger partial charge in [0.1, 0.15) is 6.29 Å². The van der Waals surface area contributed by atoms with Crippen molar-refractivity contribution in [3.05, 3.63) is 83.4 Å². The van der Waals surface area contributed by atoms with Gasteiger partial charge in [0, 0.05) is 11.0 Å². The zero-order chi connectivity index (χ0) is 23.5. The third kappa shape index (κ3) is 7.64. The van der Waals surface area contributed by atoms with E-state index in [1.165, 1.54) is 40.5 Å². The lowest BCUT2D eigenvalue weighted by molar-refractivity contribution is -0.131. The van der Waals surface area contributed by atoms with Crippen LogP contribution in [0.2, 0.25) is 0 Å². The van der Waals surface area contributed by atoms with Crippen LogP contribution in [0.1, 0.15) is 42.0 Å². The first-order valence-electron chi connectivity index (χ1n) is 10.9. The van der Waals surface area contributed by atoms with Crippen LogP contribution in [-0.4, -0.2) is 32.8 Å². The second-order valence-electron chi connectivity index (χ2n) is 7.54. The van der Waals surface area contributed by atoms with Gasteiger partial charge in [-0.1, -0.05) is 36.8 Å². The molecule has 7 heteroatoms. The molecular formula is C26H28N2O4S. The molecule has 0 spiro atoms. The van der Waals surface area contributed by atoms with Gasteiger partial charge in [-0.25, -0.2) is 9.78 Å². The van der Waals surface area contributed by atoms with E-state index >= 15 is 0 Å². The van der Waals surface area contributed by atoms with Gasteiger partial charge in [-0.05, 0) is 67.8 Å². The molecule has 172 valence electrons. The average Bonchev–Trinajstić information content (AvgIpc) is 3.11. The van der Waals surface area contributed by atoms with Crippen molar-refractivity contribution in [1.29, 1.82) is 0 Å². The SMILES string of the molecule is Cc1c(C=CC(=O)O)nc(CC=O)n1Oc1ccc(SCCCCCc2ccccc2)cc1. The molecule has 0 aliphatic carbocycles. The van der Waals surface area contributed by atoms with Gasteiger partial charge < -0.3 is 14.7 Å². The Kier molecular flexibility index (Phi) is 9.32. The quantitative estimate of drug-likeness (QED) is 0.158. The molecule has 0 unspecified atom stereocenters. The van der Waals surface area contributed by atoms with Crippen LogP contribution in [0.25, 0.3) is 6.08 Å². The van der Waals surface area contributed by atoms with Gasteiger partial charge in [-0.15, -0.1) is 11.8 Å². The fourth-order valence-electron chi connectivity index (χ4n) is 3.34. The number of aldehydes is 1. The molecular weight excluding hydrogens is 436 g/mol. The number of aliphatic carboxylic acids is 1. The summed E-state index contributed by atoms with van der Waals surface area (Å²) in [5, 5.41) is 8.85. The Labute approximate surface area is 198 Å². The van der Waals surface area contributed by atoms with E-state index < -0.39 is 5.97 Å². The molecule has 1 N–H and O–H groups in total. The summed E-state index contributed by atoms with van der Waals surface area (Å²) in [4.78, 5) is 33.3. The predicted octanol–water partition coefficient (Wildman–Crippen LogP) is 5.38. The molecule has 3 rings (SSSR count). The van der Waals surface area contributed by atoms with Crippen LogP contribution in [-0.2, 0) is 22.4 Å². The number of unbranched alkanes of at least 4 members (excludes halogenated alkanes) is 2. The van der Waals surface area contributed by atoms with E-state index in [1.807, 2.05) is 42.1 Å². The number of aryl methyl sites for hydroxylation is 1. The summed E-state index contributed by atoms with van der Waals surface area (Å²) in [5.41, 5.74) is 2.47. The summed E-state index contributed by atoms with van der Waals surface area (Å²) in [6, 6.07) is 18.4. The van der Waals surface area contributed by atoms with Crippen molar-refractivity contribution in [1.82, 2.24) is 9.71 Å². The summed E-state index contributed by atoms with van der Waals surface area (Å²) in [5.74, 6) is 1.04. The van der Waals surface area contributed by atoms with E-state index in [4.69, 9.17) is 9.94 Å². The summed E-state index contributed by atoms with van der Waals surface area (Å²) in [6.45, 7) is 1.77. The van der Waals surface area contributed by atoms with Crippen molar-refractivity contribution in [2.75, 3.05) is 5.75 Å². The molecule has 0 fully saturated rings. The number of benzene rings is 2. The molecule has 0 amide bonds. The van der Waals surface area contributed by atoms with E-state index in [0.29, 0.717) is 23.0 Å². The van der Waals surface area contributed by atoms with Gasteiger partial charge in [0.05, 0.1) is 17.8 Å². The Hall–Kier alpha value is -3.32. The highest BCUT2D eigenvalue weighted by atomic mass is 32.2. The molecule has 0 saturated carbocycles. The highest BCUT2D eigenvalue weighted by Crippen LogP contribution is 2.24. The number of carbonyl (C=O) groups excluding carboxylic acids is 1. The molecule has 0 atom stereocenters. The van der Waals surface area contributed by atoms with Crippen molar-refractivity contribution in [3.63, 3.8) is 0 Å². The molecule has 0 saturated heterocycles. The third-order valence-corrected chi connectivity index (χ3v) is 6.15. The normalized spacial score (nSPS) is 11.1. The lowest BCUT2D eigenvalue weighted by atomic mass is 10.1. The highest BCUT2D eigenvalue weighted by Gasteiger charge is 2.14. The van der Waals surface area contributed by atoms with Crippen LogP contribution < -0.4 is 4.84 Å². The lowest BCUT2D eigenvalue weighted by Crippen LogP contribution is -2.12. The minimum atomic E-state index is -1.06. The molecule has 1 aromatic heterocycles. The number of carbonyl (C=O) groups is 2. The molecule has 6 nitrogen and oxygen atoms in total. The molecule has 1 heterocycles. The first-order valence-corrected chi connectivity index (χ1v) is 11.9. The van der Waals surface area contributed by atoms with E-state index in [1.54, 1.807) is 6.92 Å². The van der Waals surface area contributed by atoms with Crippen LogP contribution in [0, 0.1) is 6.92 Å². The first-order chi connectivity index (χ1) is 16.1. The monoisotopic (exact) mass is 464 g/mol. The molecule has 3 aromatic rings. The number of aromatic nitrogens is 2. The van der Waals surface area contributed by atoms with Gasteiger partial charge in [-0.2, -0.15) is 4.73 Å². The van der Waals surface area contributed by atoms with Crippen LogP contribution in [0.3, 0.4) is 0 Å². The highest BCUT2D eigenvalue weighted by molar-refractivity contribution is 7.99.